The maximum Gasteiger partial charge on any atom is 0.256 e. The quantitative estimate of drug-likeness (QED) is 0.511. The third-order valence-electron chi connectivity index (χ3n) is 4.63. The third kappa shape index (κ3) is 3.84. The van der Waals surface area contributed by atoms with Gasteiger partial charge in [0.05, 0.1) is 11.3 Å². The van der Waals surface area contributed by atoms with E-state index >= 15 is 0 Å². The van der Waals surface area contributed by atoms with Crippen LogP contribution in [-0.2, 0) is 0 Å². The fourth-order valence-corrected chi connectivity index (χ4v) is 3.18. The number of carbonyl (C=O) groups is 2. The molecule has 4 rings (SSSR count). The van der Waals surface area contributed by atoms with Crippen LogP contribution in [0.5, 0.6) is 0 Å². The van der Waals surface area contributed by atoms with E-state index in [-0.39, 0.29) is 11.7 Å². The molecule has 0 saturated carbocycles. The molecule has 1 N–H and O–H groups in total. The molecule has 0 aliphatic carbocycles. The van der Waals surface area contributed by atoms with Crippen molar-refractivity contribution >= 4 is 17.4 Å². The van der Waals surface area contributed by atoms with E-state index in [0.29, 0.717) is 22.4 Å². The molecule has 29 heavy (non-hydrogen) atoms. The van der Waals surface area contributed by atoms with Crippen LogP contribution in [0.15, 0.2) is 91.1 Å². The number of rotatable bonds is 5. The summed E-state index contributed by atoms with van der Waals surface area (Å²) in [5.41, 5.74) is 3.72. The highest BCUT2D eigenvalue weighted by molar-refractivity contribution is 6.17. The maximum atomic E-state index is 12.9. The summed E-state index contributed by atoms with van der Waals surface area (Å²) < 4.78 is 1.79. The van der Waals surface area contributed by atoms with Crippen LogP contribution in [0.3, 0.4) is 0 Å². The minimum atomic E-state index is -0.334. The maximum absolute atomic E-state index is 12.9. The first kappa shape index (κ1) is 18.4. The van der Waals surface area contributed by atoms with Gasteiger partial charge >= 0.3 is 0 Å². The second-order valence-corrected chi connectivity index (χ2v) is 6.63. The van der Waals surface area contributed by atoms with Gasteiger partial charge in [0.2, 0.25) is 0 Å². The molecule has 0 unspecified atom stereocenters. The van der Waals surface area contributed by atoms with Crippen molar-refractivity contribution in [2.75, 3.05) is 5.32 Å². The molecule has 142 valence electrons. The molecule has 3 aromatic carbocycles. The van der Waals surface area contributed by atoms with Gasteiger partial charge in [0.15, 0.2) is 5.78 Å². The molecule has 0 bridgehead atoms. The number of anilines is 1. The summed E-state index contributed by atoms with van der Waals surface area (Å²) in [5.74, 6) is -0.517. The molecular weight excluding hydrogens is 362 g/mol. The van der Waals surface area contributed by atoms with Crippen molar-refractivity contribution in [1.82, 2.24) is 9.78 Å². The molecule has 1 aromatic heterocycles. The van der Waals surface area contributed by atoms with Crippen LogP contribution < -0.4 is 5.32 Å². The van der Waals surface area contributed by atoms with Gasteiger partial charge in [-0.25, -0.2) is 4.68 Å². The molecule has 0 saturated heterocycles. The summed E-state index contributed by atoms with van der Waals surface area (Å²) in [4.78, 5) is 25.8. The van der Waals surface area contributed by atoms with Gasteiger partial charge in [-0.1, -0.05) is 54.6 Å². The van der Waals surface area contributed by atoms with Gasteiger partial charge in [0.1, 0.15) is 0 Å². The lowest BCUT2D eigenvalue weighted by molar-refractivity contribution is 0.0996. The minimum absolute atomic E-state index is 0.183. The van der Waals surface area contributed by atoms with Gasteiger partial charge in [0, 0.05) is 28.7 Å². The Morgan fingerprint density at radius 1 is 0.828 bits per heavy atom. The van der Waals surface area contributed by atoms with Crippen molar-refractivity contribution < 1.29 is 9.59 Å². The highest BCUT2D eigenvalue weighted by Crippen LogP contribution is 2.19. The number of hydrogen-bond donors (Lipinski definition) is 1. The number of carbonyl (C=O) groups excluding carboxylic acids is 2. The molecule has 0 aliphatic heterocycles. The highest BCUT2D eigenvalue weighted by atomic mass is 16.2. The fraction of sp³-hybridized carbons (Fsp3) is 0.0417. The van der Waals surface area contributed by atoms with Crippen LogP contribution in [0.25, 0.3) is 5.69 Å². The Morgan fingerprint density at radius 3 is 2.28 bits per heavy atom. The van der Waals surface area contributed by atoms with Crippen LogP contribution in [0.1, 0.15) is 32.0 Å². The number of aryl methyl sites for hydroxylation is 1. The molecule has 1 heterocycles. The van der Waals surface area contributed by atoms with Crippen molar-refractivity contribution in [2.24, 2.45) is 0 Å². The number of ketones is 1. The highest BCUT2D eigenvalue weighted by Gasteiger charge is 2.18. The average Bonchev–Trinajstić information content (AvgIpc) is 3.20. The standard InChI is InChI=1S/C24H19N3O2/c1-17-14-15-25-27(17)20-11-7-10-19(16-20)26-24(29)22-13-6-5-12-21(22)23(28)18-8-3-2-4-9-18/h2-16H,1H3,(H,26,29). The van der Waals surface area contributed by atoms with E-state index in [9.17, 15) is 9.59 Å². The van der Waals surface area contributed by atoms with Gasteiger partial charge in [-0.3, -0.25) is 9.59 Å². The number of amides is 1. The van der Waals surface area contributed by atoms with E-state index < -0.39 is 0 Å². The molecule has 0 fully saturated rings. The molecule has 0 atom stereocenters. The molecule has 0 aliphatic rings. The first-order chi connectivity index (χ1) is 14.1. The zero-order valence-electron chi connectivity index (χ0n) is 15.9. The predicted octanol–water partition coefficient (Wildman–Crippen LogP) is 4.66. The SMILES string of the molecule is Cc1ccnn1-c1cccc(NC(=O)c2ccccc2C(=O)c2ccccc2)c1. The lowest BCUT2D eigenvalue weighted by Crippen LogP contribution is -2.17. The lowest BCUT2D eigenvalue weighted by atomic mass is 9.98. The van der Waals surface area contributed by atoms with Gasteiger partial charge in [-0.05, 0) is 37.3 Å². The third-order valence-corrected chi connectivity index (χ3v) is 4.63. The molecule has 1 amide bonds. The zero-order valence-corrected chi connectivity index (χ0v) is 15.9. The summed E-state index contributed by atoms with van der Waals surface area (Å²) in [7, 11) is 0. The monoisotopic (exact) mass is 381 g/mol. The number of hydrogen-bond acceptors (Lipinski definition) is 3. The topological polar surface area (TPSA) is 64.0 Å². The van der Waals surface area contributed by atoms with E-state index in [1.165, 1.54) is 0 Å². The van der Waals surface area contributed by atoms with E-state index in [1.54, 1.807) is 59.4 Å². The summed E-state index contributed by atoms with van der Waals surface area (Å²) in [6.45, 7) is 1.96. The lowest BCUT2D eigenvalue weighted by Gasteiger charge is -2.11. The Kier molecular flexibility index (Phi) is 5.03. The smallest absolute Gasteiger partial charge is 0.256 e. The summed E-state index contributed by atoms with van der Waals surface area (Å²) in [6, 6.07) is 25.1. The normalized spacial score (nSPS) is 10.5. The summed E-state index contributed by atoms with van der Waals surface area (Å²) in [6.07, 6.45) is 1.73. The minimum Gasteiger partial charge on any atom is -0.322 e. The zero-order chi connectivity index (χ0) is 20.2. The second-order valence-electron chi connectivity index (χ2n) is 6.63. The van der Waals surface area contributed by atoms with E-state index in [4.69, 9.17) is 0 Å². The molecule has 0 radical (unpaired) electrons. The molecule has 5 nitrogen and oxygen atoms in total. The van der Waals surface area contributed by atoms with Crippen molar-refractivity contribution in [3.05, 3.63) is 114 Å². The fourth-order valence-electron chi connectivity index (χ4n) is 3.18. The Morgan fingerprint density at radius 2 is 1.55 bits per heavy atom. The van der Waals surface area contributed by atoms with Crippen molar-refractivity contribution in [3.8, 4) is 5.69 Å². The van der Waals surface area contributed by atoms with Crippen molar-refractivity contribution in [3.63, 3.8) is 0 Å². The summed E-state index contributed by atoms with van der Waals surface area (Å²) in [5, 5.41) is 7.19. The van der Waals surface area contributed by atoms with Gasteiger partial charge in [-0.15, -0.1) is 0 Å². The number of benzene rings is 3. The molecule has 0 spiro atoms. The summed E-state index contributed by atoms with van der Waals surface area (Å²) >= 11 is 0. The van der Waals surface area contributed by atoms with Gasteiger partial charge in [0.25, 0.3) is 5.91 Å². The average molecular weight is 381 g/mol. The molecule has 4 aromatic rings. The molecular formula is C24H19N3O2. The first-order valence-corrected chi connectivity index (χ1v) is 9.25. The number of nitrogens with one attached hydrogen (secondary N) is 1. The Hall–Kier alpha value is -3.99. The van der Waals surface area contributed by atoms with Crippen molar-refractivity contribution in [2.45, 2.75) is 6.92 Å². The van der Waals surface area contributed by atoms with Gasteiger partial charge in [-0.2, -0.15) is 5.10 Å². The Labute approximate surface area is 168 Å². The van der Waals surface area contributed by atoms with Crippen LogP contribution in [0, 0.1) is 6.92 Å². The van der Waals surface area contributed by atoms with Crippen molar-refractivity contribution in [1.29, 1.82) is 0 Å². The molecule has 5 heteroatoms. The second kappa shape index (κ2) is 7.94. The van der Waals surface area contributed by atoms with Gasteiger partial charge < -0.3 is 5.32 Å². The first-order valence-electron chi connectivity index (χ1n) is 9.25. The van der Waals surface area contributed by atoms with Crippen LogP contribution in [0.4, 0.5) is 5.69 Å². The predicted molar refractivity (Wildman–Crippen MR) is 113 cm³/mol. The van der Waals surface area contributed by atoms with E-state index in [0.717, 1.165) is 11.4 Å². The van der Waals surface area contributed by atoms with Crippen LogP contribution >= 0.6 is 0 Å². The van der Waals surface area contributed by atoms with Crippen LogP contribution in [-0.4, -0.2) is 21.5 Å². The van der Waals surface area contributed by atoms with Crippen LogP contribution in [0.2, 0.25) is 0 Å². The van der Waals surface area contributed by atoms with E-state index in [1.807, 2.05) is 43.3 Å². The number of nitrogens with zero attached hydrogens (tertiary/aromatic N) is 2. The number of aromatic nitrogens is 2. The largest absolute Gasteiger partial charge is 0.322 e. The van der Waals surface area contributed by atoms with E-state index in [2.05, 4.69) is 10.4 Å². The Bertz CT molecular complexity index is 1180. The Balaban J connectivity index is 1.62.